The predicted molar refractivity (Wildman–Crippen MR) is 79.9 cm³/mol. The summed E-state index contributed by atoms with van der Waals surface area (Å²) in [5.41, 5.74) is 2.96. The van der Waals surface area contributed by atoms with Gasteiger partial charge in [0.25, 0.3) is 0 Å². The van der Waals surface area contributed by atoms with Crippen LogP contribution in [-0.4, -0.2) is 22.1 Å². The molecule has 4 heteroatoms. The summed E-state index contributed by atoms with van der Waals surface area (Å²) in [6, 6.07) is 9.28. The van der Waals surface area contributed by atoms with Crippen LogP contribution >= 0.6 is 0 Å². The van der Waals surface area contributed by atoms with Crippen molar-refractivity contribution in [2.24, 2.45) is 0 Å². The summed E-state index contributed by atoms with van der Waals surface area (Å²) < 4.78 is 5.36. The summed E-state index contributed by atoms with van der Waals surface area (Å²) in [6.45, 7) is 0.759. The molecule has 0 bridgehead atoms. The molecule has 0 aliphatic heterocycles. The third-order valence-electron chi connectivity index (χ3n) is 4.67. The zero-order valence-electron chi connectivity index (χ0n) is 12.5. The average molecular weight is 283 g/mol. The molecule has 4 rings (SSSR count). The zero-order chi connectivity index (χ0) is 14.2. The zero-order valence-corrected chi connectivity index (χ0v) is 12.5. The van der Waals surface area contributed by atoms with E-state index in [2.05, 4.69) is 46.4 Å². The molecule has 1 fully saturated rings. The quantitative estimate of drug-likeness (QED) is 0.862. The Labute approximate surface area is 125 Å². The molecule has 1 aromatic carbocycles. The molecule has 0 saturated heterocycles. The van der Waals surface area contributed by atoms with Crippen LogP contribution in [0.15, 0.2) is 28.8 Å². The second-order valence-corrected chi connectivity index (χ2v) is 6.35. The molecule has 2 aliphatic carbocycles. The minimum Gasteiger partial charge on any atom is -0.339 e. The summed E-state index contributed by atoms with van der Waals surface area (Å²) in [4.78, 5) is 6.90. The number of hydrogen-bond acceptors (Lipinski definition) is 4. The van der Waals surface area contributed by atoms with Gasteiger partial charge in [-0.1, -0.05) is 29.4 Å². The Hall–Kier alpha value is -1.68. The molecule has 0 amide bonds. The van der Waals surface area contributed by atoms with E-state index in [0.717, 1.165) is 18.3 Å². The number of aromatic nitrogens is 2. The highest BCUT2D eigenvalue weighted by atomic mass is 16.5. The molecule has 0 unspecified atom stereocenters. The van der Waals surface area contributed by atoms with E-state index < -0.39 is 0 Å². The van der Waals surface area contributed by atoms with E-state index in [0.29, 0.717) is 12.0 Å². The Morgan fingerprint density at radius 1 is 1.24 bits per heavy atom. The van der Waals surface area contributed by atoms with Crippen molar-refractivity contribution in [2.45, 2.75) is 50.6 Å². The second kappa shape index (κ2) is 5.26. The number of aryl methyl sites for hydroxylation is 1. The highest BCUT2D eigenvalue weighted by Gasteiger charge is 2.30. The van der Waals surface area contributed by atoms with Gasteiger partial charge in [-0.2, -0.15) is 4.98 Å². The lowest BCUT2D eigenvalue weighted by Crippen LogP contribution is -2.27. The van der Waals surface area contributed by atoms with E-state index >= 15 is 0 Å². The molecule has 110 valence electrons. The van der Waals surface area contributed by atoms with E-state index in [4.69, 9.17) is 4.52 Å². The molecule has 1 saturated carbocycles. The van der Waals surface area contributed by atoms with Gasteiger partial charge in [0.2, 0.25) is 5.89 Å². The normalized spacial score (nSPS) is 21.5. The van der Waals surface area contributed by atoms with E-state index in [1.54, 1.807) is 0 Å². The van der Waals surface area contributed by atoms with Gasteiger partial charge < -0.3 is 4.52 Å². The molecule has 2 aliphatic rings. The van der Waals surface area contributed by atoms with Gasteiger partial charge >= 0.3 is 0 Å². The molecule has 0 spiro atoms. The summed E-state index contributed by atoms with van der Waals surface area (Å²) in [5.74, 6) is 2.19. The molecule has 1 aromatic heterocycles. The van der Waals surface area contributed by atoms with Gasteiger partial charge in [0, 0.05) is 12.0 Å². The van der Waals surface area contributed by atoms with Crippen molar-refractivity contribution in [3.05, 3.63) is 47.1 Å². The topological polar surface area (TPSA) is 42.2 Å². The van der Waals surface area contributed by atoms with Gasteiger partial charge in [-0.25, -0.2) is 0 Å². The van der Waals surface area contributed by atoms with Gasteiger partial charge in [-0.15, -0.1) is 0 Å². The third kappa shape index (κ3) is 2.60. The van der Waals surface area contributed by atoms with Crippen LogP contribution in [0.3, 0.4) is 0 Å². The van der Waals surface area contributed by atoms with Crippen molar-refractivity contribution in [2.75, 3.05) is 7.05 Å². The molecular weight excluding hydrogens is 262 g/mol. The fourth-order valence-electron chi connectivity index (χ4n) is 3.35. The Balaban J connectivity index is 1.50. The molecule has 1 heterocycles. The first-order chi connectivity index (χ1) is 10.3. The van der Waals surface area contributed by atoms with Crippen LogP contribution in [0.25, 0.3) is 0 Å². The van der Waals surface area contributed by atoms with E-state index in [1.165, 1.54) is 43.2 Å². The van der Waals surface area contributed by atoms with Gasteiger partial charge in [0.1, 0.15) is 0 Å². The molecule has 0 radical (unpaired) electrons. The maximum atomic E-state index is 5.36. The highest BCUT2D eigenvalue weighted by Crippen LogP contribution is 2.39. The van der Waals surface area contributed by atoms with Crippen LogP contribution in [0.2, 0.25) is 0 Å². The smallest absolute Gasteiger partial charge is 0.229 e. The second-order valence-electron chi connectivity index (χ2n) is 6.35. The van der Waals surface area contributed by atoms with Crippen LogP contribution in [0, 0.1) is 0 Å². The first-order valence-corrected chi connectivity index (χ1v) is 7.92. The van der Waals surface area contributed by atoms with Gasteiger partial charge in [-0.05, 0) is 50.3 Å². The number of benzene rings is 1. The molecule has 4 nitrogen and oxygen atoms in total. The Morgan fingerprint density at radius 2 is 2.10 bits per heavy atom. The minimum absolute atomic E-state index is 0.470. The fraction of sp³-hybridized carbons (Fsp3) is 0.529. The van der Waals surface area contributed by atoms with Crippen LogP contribution in [0.5, 0.6) is 0 Å². The summed E-state index contributed by atoms with van der Waals surface area (Å²) in [7, 11) is 2.17. The van der Waals surface area contributed by atoms with Crippen molar-refractivity contribution >= 4 is 0 Å². The third-order valence-corrected chi connectivity index (χ3v) is 4.67. The van der Waals surface area contributed by atoms with Crippen molar-refractivity contribution < 1.29 is 4.52 Å². The Kier molecular flexibility index (Phi) is 3.26. The monoisotopic (exact) mass is 283 g/mol. The van der Waals surface area contributed by atoms with Crippen molar-refractivity contribution in [1.29, 1.82) is 0 Å². The molecule has 1 atom stereocenters. The number of nitrogens with zero attached hydrogens (tertiary/aromatic N) is 3. The average Bonchev–Trinajstić information content (AvgIpc) is 3.27. The van der Waals surface area contributed by atoms with Gasteiger partial charge in [-0.3, -0.25) is 4.90 Å². The molecule has 0 N–H and O–H groups in total. The van der Waals surface area contributed by atoms with Crippen LogP contribution < -0.4 is 0 Å². The SMILES string of the molecule is CN(Cc1noc(C2CC2)n1)[C@H]1CCCc2ccccc21. The highest BCUT2D eigenvalue weighted by molar-refractivity contribution is 5.32. The molecule has 21 heavy (non-hydrogen) atoms. The van der Waals surface area contributed by atoms with Gasteiger partial charge in [0.05, 0.1) is 6.54 Å². The maximum Gasteiger partial charge on any atom is 0.229 e. The largest absolute Gasteiger partial charge is 0.339 e. The molecular formula is C17H21N3O. The Bertz CT molecular complexity index is 632. The lowest BCUT2D eigenvalue weighted by molar-refractivity contribution is 0.206. The number of hydrogen-bond donors (Lipinski definition) is 0. The van der Waals surface area contributed by atoms with Crippen molar-refractivity contribution in [1.82, 2.24) is 15.0 Å². The van der Waals surface area contributed by atoms with Crippen molar-refractivity contribution in [3.63, 3.8) is 0 Å². The van der Waals surface area contributed by atoms with Crippen molar-refractivity contribution in [3.8, 4) is 0 Å². The lowest BCUT2D eigenvalue weighted by atomic mass is 9.87. The summed E-state index contributed by atoms with van der Waals surface area (Å²) in [6.07, 6.45) is 6.07. The summed E-state index contributed by atoms with van der Waals surface area (Å²) >= 11 is 0. The van der Waals surface area contributed by atoms with E-state index in [1.807, 2.05) is 0 Å². The van der Waals surface area contributed by atoms with Crippen LogP contribution in [0.4, 0.5) is 0 Å². The van der Waals surface area contributed by atoms with E-state index in [-0.39, 0.29) is 0 Å². The molecule has 2 aromatic rings. The Morgan fingerprint density at radius 3 is 2.95 bits per heavy atom. The predicted octanol–water partition coefficient (Wildman–Crippen LogP) is 3.46. The van der Waals surface area contributed by atoms with E-state index in [9.17, 15) is 0 Å². The first kappa shape index (κ1) is 13.0. The number of rotatable bonds is 4. The lowest BCUT2D eigenvalue weighted by Gasteiger charge is -2.32. The fourth-order valence-corrected chi connectivity index (χ4v) is 3.35. The van der Waals surface area contributed by atoms with Gasteiger partial charge in [0.15, 0.2) is 5.82 Å². The van der Waals surface area contributed by atoms with Crippen LogP contribution in [-0.2, 0) is 13.0 Å². The summed E-state index contributed by atoms with van der Waals surface area (Å²) in [5, 5.41) is 4.14. The van der Waals surface area contributed by atoms with Crippen LogP contribution in [0.1, 0.15) is 60.5 Å². The standard InChI is InChI=1S/C17H21N3O/c1-20(11-16-18-17(21-19-16)13-9-10-13)15-8-4-6-12-5-2-3-7-14(12)15/h2-3,5,7,13,15H,4,6,8-11H2,1H3/t15-/m0/s1. The maximum absolute atomic E-state index is 5.36. The number of fused-ring (bicyclic) bond motifs is 1. The first-order valence-electron chi connectivity index (χ1n) is 7.92. The minimum atomic E-state index is 0.470.